The number of ether oxygens (including phenoxy) is 1. The fraction of sp³-hybridized carbons (Fsp3) is 0.733. The van der Waals surface area contributed by atoms with Crippen LogP contribution in [0, 0.1) is 11.8 Å². The molecule has 4 N–H and O–H groups in total. The molecule has 0 radical (unpaired) electrons. The highest BCUT2D eigenvalue weighted by atomic mass is 32.2. The van der Waals surface area contributed by atoms with Crippen molar-refractivity contribution in [1.82, 2.24) is 4.90 Å². The summed E-state index contributed by atoms with van der Waals surface area (Å²) in [5.74, 6) is -2.00. The molecule has 1 amide bonds. The Balaban J connectivity index is 1.83. The summed E-state index contributed by atoms with van der Waals surface area (Å²) in [5.41, 5.74) is 5.68. The topological polar surface area (TPSA) is 113 Å². The van der Waals surface area contributed by atoms with Crippen LogP contribution >= 0.6 is 11.8 Å². The first-order valence-corrected chi connectivity index (χ1v) is 8.71. The molecule has 128 valence electrons. The van der Waals surface area contributed by atoms with E-state index in [4.69, 9.17) is 10.5 Å². The van der Waals surface area contributed by atoms with E-state index in [1.807, 2.05) is 6.92 Å². The summed E-state index contributed by atoms with van der Waals surface area (Å²) in [6, 6.07) is -0.260. The molecule has 23 heavy (non-hydrogen) atoms. The lowest BCUT2D eigenvalue weighted by Gasteiger charge is -2.46. The van der Waals surface area contributed by atoms with Crippen molar-refractivity contribution in [2.45, 2.75) is 43.8 Å². The third kappa shape index (κ3) is 2.57. The Kier molecular flexibility index (Phi) is 4.43. The fourth-order valence-electron chi connectivity index (χ4n) is 3.78. The van der Waals surface area contributed by atoms with Crippen LogP contribution in [0.4, 0.5) is 0 Å². The van der Waals surface area contributed by atoms with Crippen LogP contribution in [0.1, 0.15) is 20.3 Å². The minimum absolute atomic E-state index is 0.0157. The predicted octanol–water partition coefficient (Wildman–Crippen LogP) is -0.0105. The zero-order chi connectivity index (χ0) is 16.9. The number of carboxylic acids is 1. The molecule has 7 nitrogen and oxygen atoms in total. The van der Waals surface area contributed by atoms with E-state index in [0.29, 0.717) is 18.1 Å². The van der Waals surface area contributed by atoms with E-state index in [-0.39, 0.29) is 34.9 Å². The lowest BCUT2D eigenvalue weighted by atomic mass is 9.79. The molecule has 0 spiro atoms. The van der Waals surface area contributed by atoms with E-state index in [1.165, 1.54) is 16.7 Å². The number of hydrogen-bond acceptors (Lipinski definition) is 6. The van der Waals surface area contributed by atoms with Gasteiger partial charge in [0.1, 0.15) is 5.70 Å². The molecular weight excluding hydrogens is 320 g/mol. The monoisotopic (exact) mass is 342 g/mol. The molecule has 8 heteroatoms. The maximum atomic E-state index is 12.2. The summed E-state index contributed by atoms with van der Waals surface area (Å²) in [7, 11) is 0. The van der Waals surface area contributed by atoms with Crippen molar-refractivity contribution in [3.8, 4) is 0 Å². The van der Waals surface area contributed by atoms with Gasteiger partial charge in [-0.25, -0.2) is 4.79 Å². The highest BCUT2D eigenvalue weighted by Crippen LogP contribution is 2.51. The van der Waals surface area contributed by atoms with Crippen LogP contribution in [0.15, 0.2) is 10.6 Å². The van der Waals surface area contributed by atoms with Crippen LogP contribution in [-0.4, -0.2) is 63.6 Å². The van der Waals surface area contributed by atoms with E-state index >= 15 is 0 Å². The quantitative estimate of drug-likeness (QED) is 0.602. The van der Waals surface area contributed by atoms with Crippen LogP contribution in [0.3, 0.4) is 0 Å². The Morgan fingerprint density at radius 3 is 2.78 bits per heavy atom. The summed E-state index contributed by atoms with van der Waals surface area (Å²) in [6.07, 6.45) is 0.0203. The number of β-lactam (4-membered cyclic amide) rings is 1. The molecule has 0 aromatic rings. The SMILES string of the molecule is CC(O)[C@H]1C(=O)N2C(C(=O)O)=C(SC3COC(CN)C3)[C@H](C)C12. The van der Waals surface area contributed by atoms with Crippen LogP contribution in [0.25, 0.3) is 0 Å². The second kappa shape index (κ2) is 6.08. The molecule has 0 aliphatic carbocycles. The standard InChI is InChI=1S/C15H22N2O5S/c1-6-11-10(7(2)18)14(19)17(11)12(15(20)21)13(6)23-9-3-8(4-16)22-5-9/h6-11,18H,3-5,16H2,1-2H3,(H,20,21)/t6-,7?,8?,9?,10-,11?/m1/s1. The number of amides is 1. The van der Waals surface area contributed by atoms with Gasteiger partial charge >= 0.3 is 5.97 Å². The third-order valence-electron chi connectivity index (χ3n) is 4.91. The molecule has 0 bridgehead atoms. The summed E-state index contributed by atoms with van der Waals surface area (Å²) < 4.78 is 5.57. The Morgan fingerprint density at radius 1 is 1.57 bits per heavy atom. The number of hydrogen-bond donors (Lipinski definition) is 3. The zero-order valence-corrected chi connectivity index (χ0v) is 14.0. The van der Waals surface area contributed by atoms with Crippen LogP contribution in [0.2, 0.25) is 0 Å². The van der Waals surface area contributed by atoms with Crippen LogP contribution < -0.4 is 5.73 Å². The van der Waals surface area contributed by atoms with Gasteiger partial charge in [-0.1, -0.05) is 6.92 Å². The number of thioether (sulfide) groups is 1. The minimum Gasteiger partial charge on any atom is -0.477 e. The number of aliphatic hydroxyl groups excluding tert-OH is 1. The van der Waals surface area contributed by atoms with Gasteiger partial charge in [-0.05, 0) is 13.3 Å². The molecule has 3 heterocycles. The molecule has 4 unspecified atom stereocenters. The second-order valence-corrected chi connectivity index (χ2v) is 7.78. The molecule has 2 saturated heterocycles. The summed E-state index contributed by atoms with van der Waals surface area (Å²) in [4.78, 5) is 26.0. The first-order valence-electron chi connectivity index (χ1n) is 7.83. The lowest BCUT2D eigenvalue weighted by molar-refractivity contribution is -0.163. The molecule has 3 aliphatic rings. The number of aliphatic hydroxyl groups is 1. The van der Waals surface area contributed by atoms with Crippen molar-refractivity contribution in [3.63, 3.8) is 0 Å². The Labute approximate surface area is 138 Å². The van der Waals surface area contributed by atoms with Crippen molar-refractivity contribution >= 4 is 23.6 Å². The van der Waals surface area contributed by atoms with E-state index in [1.54, 1.807) is 6.92 Å². The van der Waals surface area contributed by atoms with Gasteiger partial charge in [0.15, 0.2) is 0 Å². The van der Waals surface area contributed by atoms with Crippen molar-refractivity contribution in [2.75, 3.05) is 13.2 Å². The van der Waals surface area contributed by atoms with E-state index in [9.17, 15) is 19.8 Å². The van der Waals surface area contributed by atoms with Crippen molar-refractivity contribution in [3.05, 3.63) is 10.6 Å². The average molecular weight is 342 g/mol. The van der Waals surface area contributed by atoms with Gasteiger partial charge in [0, 0.05) is 22.6 Å². The van der Waals surface area contributed by atoms with Gasteiger partial charge in [0.2, 0.25) is 5.91 Å². The predicted molar refractivity (Wildman–Crippen MR) is 84.4 cm³/mol. The number of carbonyl (C=O) groups excluding carboxylic acids is 1. The number of nitrogens with two attached hydrogens (primary N) is 1. The highest BCUT2D eigenvalue weighted by molar-refractivity contribution is 8.03. The third-order valence-corrected chi connectivity index (χ3v) is 6.39. The van der Waals surface area contributed by atoms with Gasteiger partial charge in [-0.15, -0.1) is 11.8 Å². The summed E-state index contributed by atoms with van der Waals surface area (Å²) in [5, 5.41) is 19.5. The molecule has 3 aliphatic heterocycles. The van der Waals surface area contributed by atoms with E-state index in [0.717, 1.165) is 6.42 Å². The molecular formula is C15H22N2O5S. The fourth-order valence-corrected chi connectivity index (χ4v) is 5.25. The van der Waals surface area contributed by atoms with Gasteiger partial charge in [0.25, 0.3) is 0 Å². The largest absolute Gasteiger partial charge is 0.477 e. The first kappa shape index (κ1) is 16.8. The van der Waals surface area contributed by atoms with E-state index in [2.05, 4.69) is 0 Å². The minimum atomic E-state index is -1.09. The molecule has 2 fully saturated rings. The zero-order valence-electron chi connectivity index (χ0n) is 13.1. The smallest absolute Gasteiger partial charge is 0.353 e. The average Bonchev–Trinajstić information content (AvgIpc) is 3.02. The van der Waals surface area contributed by atoms with Crippen molar-refractivity contribution in [1.29, 1.82) is 0 Å². The van der Waals surface area contributed by atoms with Crippen LogP contribution in [0.5, 0.6) is 0 Å². The van der Waals surface area contributed by atoms with E-state index < -0.39 is 18.0 Å². The summed E-state index contributed by atoms with van der Waals surface area (Å²) >= 11 is 1.48. The van der Waals surface area contributed by atoms with Crippen LogP contribution in [-0.2, 0) is 14.3 Å². The number of rotatable bonds is 5. The van der Waals surface area contributed by atoms with Crippen molar-refractivity contribution < 1.29 is 24.5 Å². The number of fused-ring (bicyclic) bond motifs is 1. The first-order chi connectivity index (χ1) is 10.9. The molecule has 3 rings (SSSR count). The molecule has 0 aromatic carbocycles. The summed E-state index contributed by atoms with van der Waals surface area (Å²) in [6.45, 7) is 4.49. The lowest BCUT2D eigenvalue weighted by Crippen LogP contribution is -2.63. The van der Waals surface area contributed by atoms with Gasteiger partial charge in [0.05, 0.1) is 30.8 Å². The van der Waals surface area contributed by atoms with Crippen molar-refractivity contribution in [2.24, 2.45) is 17.6 Å². The molecule has 6 atom stereocenters. The maximum Gasteiger partial charge on any atom is 0.353 e. The number of nitrogens with zero attached hydrogens (tertiary/aromatic N) is 1. The van der Waals surface area contributed by atoms with Gasteiger partial charge < -0.3 is 25.6 Å². The number of carbonyl (C=O) groups is 2. The maximum absolute atomic E-state index is 12.2. The number of carboxylic acid groups (broad SMARTS) is 1. The Bertz CT molecular complexity index is 564. The highest BCUT2D eigenvalue weighted by Gasteiger charge is 2.60. The molecule has 0 saturated carbocycles. The molecule has 0 aromatic heterocycles. The van der Waals surface area contributed by atoms with Gasteiger partial charge in [-0.3, -0.25) is 4.79 Å². The number of aliphatic carboxylic acids is 1. The second-order valence-electron chi connectivity index (χ2n) is 6.44. The Morgan fingerprint density at radius 2 is 2.26 bits per heavy atom. The Hall–Kier alpha value is -1.09. The van der Waals surface area contributed by atoms with Gasteiger partial charge in [-0.2, -0.15) is 0 Å². The normalized spacial score (nSPS) is 37.8.